The molecule has 0 aromatic heterocycles. The molecule has 1 saturated heterocycles. The molecule has 5 rings (SSSR count). The van der Waals surface area contributed by atoms with Crippen molar-refractivity contribution in [3.8, 4) is 0 Å². The number of carbonyl (C=O) groups is 2. The number of halogens is 3. The van der Waals surface area contributed by atoms with E-state index in [1.54, 1.807) is 48.5 Å². The Hall–Kier alpha value is -4.59. The Morgan fingerprint density at radius 3 is 2.21 bits per heavy atom. The van der Waals surface area contributed by atoms with Crippen LogP contribution in [-0.2, 0) is 15.8 Å². The van der Waals surface area contributed by atoms with Gasteiger partial charge in [-0.1, -0.05) is 60.7 Å². The Morgan fingerprint density at radius 1 is 0.868 bits per heavy atom. The highest BCUT2D eigenvalue weighted by Gasteiger charge is 2.47. The van der Waals surface area contributed by atoms with Gasteiger partial charge in [0.2, 0.25) is 0 Å². The van der Waals surface area contributed by atoms with Gasteiger partial charge in [-0.3, -0.25) is 14.5 Å². The fourth-order valence-electron chi connectivity index (χ4n) is 4.78. The first-order valence-corrected chi connectivity index (χ1v) is 11.8. The van der Waals surface area contributed by atoms with E-state index in [9.17, 15) is 27.9 Å². The Bertz CT molecular complexity index is 1590. The fourth-order valence-corrected chi connectivity index (χ4v) is 4.78. The second kappa shape index (κ2) is 9.37. The molecule has 0 saturated carbocycles. The lowest BCUT2D eigenvalue weighted by molar-refractivity contribution is -0.137. The minimum absolute atomic E-state index is 0.0967. The van der Waals surface area contributed by atoms with Gasteiger partial charge in [-0.25, -0.2) is 0 Å². The molecule has 1 aliphatic heterocycles. The van der Waals surface area contributed by atoms with E-state index in [0.29, 0.717) is 16.5 Å². The highest BCUT2D eigenvalue weighted by molar-refractivity contribution is 6.51. The number of fused-ring (bicyclic) bond motifs is 1. The van der Waals surface area contributed by atoms with Crippen LogP contribution in [0.5, 0.6) is 0 Å². The molecule has 1 amide bonds. The lowest BCUT2D eigenvalue weighted by Gasteiger charge is -2.26. The zero-order valence-corrected chi connectivity index (χ0v) is 20.5. The number of Topliss-reactive ketones (excluding diaryl/α,β-unsaturated/α-hetero) is 1. The molecule has 192 valence electrons. The van der Waals surface area contributed by atoms with Gasteiger partial charge < -0.3 is 10.0 Å². The molecule has 4 aromatic rings. The van der Waals surface area contributed by atoms with Crippen molar-refractivity contribution in [1.82, 2.24) is 0 Å². The third-order valence-electron chi connectivity index (χ3n) is 6.67. The standard InChI is InChI=1S/C30H23F3N2O3/c1-34(2)21-15-13-19(14-16-21)26-25(27(36)24-12-5-8-18-7-3-4-11-23(18)24)28(37)29(38)35(26)22-10-6-9-20(17-22)30(31,32)33/h3-17,26,36H,1-2H3/b27-25-. The van der Waals surface area contributed by atoms with Gasteiger partial charge in [0.25, 0.3) is 11.7 Å². The molecule has 4 aromatic carbocycles. The lowest BCUT2D eigenvalue weighted by atomic mass is 9.93. The fraction of sp³-hybridized carbons (Fsp3) is 0.133. The van der Waals surface area contributed by atoms with Gasteiger partial charge in [-0.2, -0.15) is 13.2 Å². The van der Waals surface area contributed by atoms with Crippen LogP contribution in [0.2, 0.25) is 0 Å². The predicted molar refractivity (Wildman–Crippen MR) is 141 cm³/mol. The normalized spacial score (nSPS) is 17.3. The van der Waals surface area contributed by atoms with E-state index in [1.807, 2.05) is 37.2 Å². The molecule has 0 bridgehead atoms. The average Bonchev–Trinajstić information content (AvgIpc) is 3.17. The highest BCUT2D eigenvalue weighted by Crippen LogP contribution is 2.44. The van der Waals surface area contributed by atoms with E-state index in [2.05, 4.69) is 0 Å². The maximum Gasteiger partial charge on any atom is 0.416 e. The Labute approximate surface area is 217 Å². The van der Waals surface area contributed by atoms with Gasteiger partial charge in [0.05, 0.1) is 17.2 Å². The molecule has 0 aliphatic carbocycles. The Balaban J connectivity index is 1.76. The van der Waals surface area contributed by atoms with E-state index in [1.165, 1.54) is 12.1 Å². The Morgan fingerprint density at radius 2 is 1.53 bits per heavy atom. The molecule has 1 N–H and O–H groups in total. The van der Waals surface area contributed by atoms with Crippen LogP contribution in [0.15, 0.2) is 96.6 Å². The summed E-state index contributed by atoms with van der Waals surface area (Å²) >= 11 is 0. The molecule has 0 spiro atoms. The first-order chi connectivity index (χ1) is 18.1. The van der Waals surface area contributed by atoms with Crippen LogP contribution in [0, 0.1) is 0 Å². The first kappa shape index (κ1) is 25.1. The number of amides is 1. The van der Waals surface area contributed by atoms with E-state index in [4.69, 9.17) is 0 Å². The summed E-state index contributed by atoms with van der Waals surface area (Å²) in [6.07, 6.45) is -4.64. The minimum Gasteiger partial charge on any atom is -0.507 e. The van der Waals surface area contributed by atoms with Crippen molar-refractivity contribution in [2.45, 2.75) is 12.2 Å². The van der Waals surface area contributed by atoms with Crippen molar-refractivity contribution in [2.24, 2.45) is 0 Å². The van der Waals surface area contributed by atoms with Crippen molar-refractivity contribution in [3.63, 3.8) is 0 Å². The van der Waals surface area contributed by atoms with Crippen LogP contribution in [-0.4, -0.2) is 30.9 Å². The first-order valence-electron chi connectivity index (χ1n) is 11.8. The lowest BCUT2D eigenvalue weighted by Crippen LogP contribution is -2.29. The smallest absolute Gasteiger partial charge is 0.416 e. The second-order valence-corrected chi connectivity index (χ2v) is 9.23. The van der Waals surface area contributed by atoms with E-state index >= 15 is 0 Å². The zero-order valence-electron chi connectivity index (χ0n) is 20.5. The van der Waals surface area contributed by atoms with Crippen LogP contribution in [0.1, 0.15) is 22.7 Å². The summed E-state index contributed by atoms with van der Waals surface area (Å²) in [5.41, 5.74) is 0.419. The molecule has 1 fully saturated rings. The molecule has 1 aliphatic rings. The van der Waals surface area contributed by atoms with E-state index < -0.39 is 35.2 Å². The van der Waals surface area contributed by atoms with Gasteiger partial charge in [0.1, 0.15) is 5.76 Å². The summed E-state index contributed by atoms with van der Waals surface area (Å²) < 4.78 is 40.6. The number of alkyl halides is 3. The maximum atomic E-state index is 13.5. The molecule has 1 unspecified atom stereocenters. The van der Waals surface area contributed by atoms with Crippen LogP contribution < -0.4 is 9.80 Å². The monoisotopic (exact) mass is 516 g/mol. The molecule has 8 heteroatoms. The van der Waals surface area contributed by atoms with Crippen LogP contribution >= 0.6 is 0 Å². The van der Waals surface area contributed by atoms with E-state index in [-0.39, 0.29) is 11.3 Å². The van der Waals surface area contributed by atoms with Crippen LogP contribution in [0.4, 0.5) is 24.5 Å². The molecular formula is C30H23F3N2O3. The largest absolute Gasteiger partial charge is 0.507 e. The molecule has 38 heavy (non-hydrogen) atoms. The Kier molecular flexibility index (Phi) is 6.18. The van der Waals surface area contributed by atoms with Crippen molar-refractivity contribution in [1.29, 1.82) is 0 Å². The van der Waals surface area contributed by atoms with Gasteiger partial charge >= 0.3 is 6.18 Å². The number of anilines is 2. The molecule has 1 atom stereocenters. The van der Waals surface area contributed by atoms with Crippen LogP contribution in [0.25, 0.3) is 16.5 Å². The van der Waals surface area contributed by atoms with E-state index in [0.717, 1.165) is 28.1 Å². The number of hydrogen-bond donors (Lipinski definition) is 1. The summed E-state index contributed by atoms with van der Waals surface area (Å²) in [4.78, 5) is 29.7. The van der Waals surface area contributed by atoms with Crippen molar-refractivity contribution >= 4 is 39.6 Å². The average molecular weight is 517 g/mol. The molecule has 5 nitrogen and oxygen atoms in total. The number of aliphatic hydroxyl groups is 1. The van der Waals surface area contributed by atoms with Gasteiger partial charge in [0.15, 0.2) is 0 Å². The number of hydrogen-bond acceptors (Lipinski definition) is 4. The topological polar surface area (TPSA) is 60.9 Å². The predicted octanol–water partition coefficient (Wildman–Crippen LogP) is 6.55. The minimum atomic E-state index is -4.64. The number of aliphatic hydroxyl groups excluding tert-OH is 1. The molecule has 1 heterocycles. The third kappa shape index (κ3) is 4.28. The number of ketones is 1. The van der Waals surface area contributed by atoms with Crippen molar-refractivity contribution in [2.75, 3.05) is 23.9 Å². The number of carbonyl (C=O) groups excluding carboxylic acids is 2. The summed E-state index contributed by atoms with van der Waals surface area (Å²) in [5.74, 6) is -2.39. The van der Waals surface area contributed by atoms with Gasteiger partial charge in [0, 0.05) is 31.0 Å². The summed E-state index contributed by atoms with van der Waals surface area (Å²) in [7, 11) is 3.70. The number of rotatable bonds is 4. The SMILES string of the molecule is CN(C)c1ccc(C2/C(=C(/O)c3cccc4ccccc34)C(=O)C(=O)N2c2cccc(C(F)(F)F)c2)cc1. The van der Waals surface area contributed by atoms with Gasteiger partial charge in [-0.15, -0.1) is 0 Å². The summed E-state index contributed by atoms with van der Waals surface area (Å²) in [6, 6.07) is 22.6. The van der Waals surface area contributed by atoms with Gasteiger partial charge in [-0.05, 0) is 46.7 Å². The number of benzene rings is 4. The molecule has 0 radical (unpaired) electrons. The number of nitrogens with zero attached hydrogens (tertiary/aromatic N) is 2. The maximum absolute atomic E-state index is 13.5. The zero-order chi connectivity index (χ0) is 27.2. The van der Waals surface area contributed by atoms with Crippen molar-refractivity contribution < 1.29 is 27.9 Å². The summed E-state index contributed by atoms with van der Waals surface area (Å²) in [5, 5.41) is 13.0. The highest BCUT2D eigenvalue weighted by atomic mass is 19.4. The second-order valence-electron chi connectivity index (χ2n) is 9.23. The van der Waals surface area contributed by atoms with Crippen molar-refractivity contribution in [3.05, 3.63) is 113 Å². The quantitative estimate of drug-likeness (QED) is 0.190. The van der Waals surface area contributed by atoms with Crippen LogP contribution in [0.3, 0.4) is 0 Å². The summed E-state index contributed by atoms with van der Waals surface area (Å²) in [6.45, 7) is 0. The third-order valence-corrected chi connectivity index (χ3v) is 6.67. The molecular weight excluding hydrogens is 493 g/mol.